The van der Waals surface area contributed by atoms with Gasteiger partial charge in [0.25, 0.3) is 11.7 Å². The van der Waals surface area contributed by atoms with Gasteiger partial charge in [-0.15, -0.1) is 11.3 Å². The summed E-state index contributed by atoms with van der Waals surface area (Å²) < 4.78 is 1.73. The number of carbonyl (C=O) groups excluding carboxylic acids is 2. The molecule has 0 atom stereocenters. The quantitative estimate of drug-likeness (QED) is 0.671. The van der Waals surface area contributed by atoms with Crippen LogP contribution in [0.5, 0.6) is 0 Å². The van der Waals surface area contributed by atoms with Gasteiger partial charge in [-0.3, -0.25) is 9.59 Å². The number of rotatable bonds is 3. The van der Waals surface area contributed by atoms with Crippen molar-refractivity contribution < 1.29 is 9.59 Å². The van der Waals surface area contributed by atoms with Gasteiger partial charge in [0.15, 0.2) is 0 Å². The van der Waals surface area contributed by atoms with Crippen molar-refractivity contribution in [3.8, 4) is 0 Å². The van der Waals surface area contributed by atoms with Gasteiger partial charge in [-0.05, 0) is 25.5 Å². The summed E-state index contributed by atoms with van der Waals surface area (Å²) in [5.41, 5.74) is 1.28. The summed E-state index contributed by atoms with van der Waals surface area (Å²) in [5.74, 6) is 1.46. The van der Waals surface area contributed by atoms with Crippen molar-refractivity contribution in [1.82, 2.24) is 24.5 Å². The number of fused-ring (bicyclic) bond motifs is 1. The monoisotopic (exact) mass is 441 g/mol. The Morgan fingerprint density at radius 2 is 1.81 bits per heavy atom. The van der Waals surface area contributed by atoms with Crippen LogP contribution in [0.3, 0.4) is 0 Å². The molecule has 0 aliphatic carbocycles. The minimum Gasteiger partial charge on any atom is -0.353 e. The maximum atomic E-state index is 13.2. The highest BCUT2D eigenvalue weighted by Gasteiger charge is 2.27. The molecule has 1 saturated heterocycles. The standard InChI is InChI=1S/C21H27N7O2S/c1-13-10-15(25-19(30)21(3,4)5)31-17(13)18(29)27-8-6-26(7-9-27)16-11-14(2)24-20-22-12-23-28(16)20/h10-12H,6-9H2,1-5H3,(H,25,30). The number of piperazine rings is 1. The predicted octanol–water partition coefficient (Wildman–Crippen LogP) is 2.75. The van der Waals surface area contributed by atoms with Crippen molar-refractivity contribution in [3.05, 3.63) is 34.6 Å². The smallest absolute Gasteiger partial charge is 0.264 e. The van der Waals surface area contributed by atoms with E-state index in [-0.39, 0.29) is 11.8 Å². The molecule has 0 spiro atoms. The molecule has 0 bridgehead atoms. The second-order valence-corrected chi connectivity index (χ2v) is 9.89. The number of thiophene rings is 1. The molecule has 1 fully saturated rings. The zero-order valence-electron chi connectivity index (χ0n) is 18.5. The Kier molecular flexibility index (Phi) is 5.42. The zero-order valence-corrected chi connectivity index (χ0v) is 19.3. The van der Waals surface area contributed by atoms with Gasteiger partial charge in [0.05, 0.1) is 9.88 Å². The van der Waals surface area contributed by atoms with Crippen LogP contribution in [0.25, 0.3) is 5.78 Å². The molecule has 2 amide bonds. The number of aromatic nitrogens is 4. The lowest BCUT2D eigenvalue weighted by Crippen LogP contribution is -2.49. The molecular formula is C21H27N7O2S. The Morgan fingerprint density at radius 3 is 2.48 bits per heavy atom. The lowest BCUT2D eigenvalue weighted by molar-refractivity contribution is -0.123. The average Bonchev–Trinajstić information content (AvgIpc) is 3.32. The summed E-state index contributed by atoms with van der Waals surface area (Å²) in [7, 11) is 0. The largest absolute Gasteiger partial charge is 0.353 e. The molecule has 31 heavy (non-hydrogen) atoms. The second-order valence-electron chi connectivity index (χ2n) is 8.83. The van der Waals surface area contributed by atoms with Gasteiger partial charge in [-0.2, -0.15) is 14.6 Å². The van der Waals surface area contributed by atoms with Gasteiger partial charge >= 0.3 is 0 Å². The fraction of sp³-hybridized carbons (Fsp3) is 0.476. The van der Waals surface area contributed by atoms with Gasteiger partial charge in [0.1, 0.15) is 12.1 Å². The first kappa shape index (κ1) is 21.2. The molecule has 4 heterocycles. The van der Waals surface area contributed by atoms with E-state index < -0.39 is 5.41 Å². The van der Waals surface area contributed by atoms with Crippen LogP contribution in [0, 0.1) is 19.3 Å². The summed E-state index contributed by atoms with van der Waals surface area (Å²) in [6.07, 6.45) is 1.50. The Morgan fingerprint density at radius 1 is 1.10 bits per heavy atom. The summed E-state index contributed by atoms with van der Waals surface area (Å²) in [5, 5.41) is 7.92. The minimum atomic E-state index is -0.487. The van der Waals surface area contributed by atoms with E-state index in [2.05, 4.69) is 25.3 Å². The maximum Gasteiger partial charge on any atom is 0.264 e. The molecule has 0 radical (unpaired) electrons. The van der Waals surface area contributed by atoms with E-state index in [0.717, 1.165) is 17.1 Å². The fourth-order valence-electron chi connectivity index (χ4n) is 3.47. The van der Waals surface area contributed by atoms with E-state index in [1.807, 2.05) is 51.7 Å². The third-order valence-electron chi connectivity index (χ3n) is 5.28. The van der Waals surface area contributed by atoms with Gasteiger partial charge in [-0.1, -0.05) is 20.8 Å². The highest BCUT2D eigenvalue weighted by Crippen LogP contribution is 2.30. The number of aryl methyl sites for hydroxylation is 2. The lowest BCUT2D eigenvalue weighted by Gasteiger charge is -2.35. The summed E-state index contributed by atoms with van der Waals surface area (Å²) in [6.45, 7) is 12.1. The predicted molar refractivity (Wildman–Crippen MR) is 121 cm³/mol. The second kappa shape index (κ2) is 7.92. The van der Waals surface area contributed by atoms with E-state index in [1.165, 1.54) is 17.7 Å². The molecule has 0 aromatic carbocycles. The van der Waals surface area contributed by atoms with Crippen molar-refractivity contribution >= 4 is 39.7 Å². The third kappa shape index (κ3) is 4.25. The van der Waals surface area contributed by atoms with Crippen molar-refractivity contribution in [2.45, 2.75) is 34.6 Å². The normalized spacial score (nSPS) is 14.9. The Hall–Kier alpha value is -3.01. The van der Waals surface area contributed by atoms with Gasteiger partial charge in [0.2, 0.25) is 5.91 Å². The highest BCUT2D eigenvalue weighted by atomic mass is 32.1. The number of carbonyl (C=O) groups is 2. The fourth-order valence-corrected chi connectivity index (χ4v) is 4.51. The van der Waals surface area contributed by atoms with Crippen LogP contribution in [0.4, 0.5) is 10.8 Å². The minimum absolute atomic E-state index is 0.00946. The van der Waals surface area contributed by atoms with Crippen LogP contribution in [-0.2, 0) is 4.79 Å². The topological polar surface area (TPSA) is 95.7 Å². The van der Waals surface area contributed by atoms with Crippen molar-refractivity contribution in [2.75, 3.05) is 36.4 Å². The summed E-state index contributed by atoms with van der Waals surface area (Å²) >= 11 is 1.34. The van der Waals surface area contributed by atoms with E-state index in [9.17, 15) is 9.59 Å². The first-order valence-electron chi connectivity index (χ1n) is 10.3. The van der Waals surface area contributed by atoms with E-state index >= 15 is 0 Å². The molecule has 10 heteroatoms. The molecule has 3 aromatic heterocycles. The molecule has 3 aromatic rings. The van der Waals surface area contributed by atoms with Gasteiger partial charge in [0, 0.05) is 43.4 Å². The van der Waals surface area contributed by atoms with Crippen LogP contribution >= 0.6 is 11.3 Å². The number of hydrogen-bond acceptors (Lipinski definition) is 7. The van der Waals surface area contributed by atoms with Crippen LogP contribution in [0.2, 0.25) is 0 Å². The van der Waals surface area contributed by atoms with Crippen LogP contribution in [0.1, 0.15) is 41.7 Å². The zero-order chi connectivity index (χ0) is 22.3. The summed E-state index contributed by atoms with van der Waals surface area (Å²) in [4.78, 5) is 38.8. The lowest BCUT2D eigenvalue weighted by atomic mass is 9.96. The number of nitrogens with zero attached hydrogens (tertiary/aromatic N) is 6. The molecule has 164 valence electrons. The Bertz CT molecular complexity index is 1140. The Balaban J connectivity index is 1.45. The number of amides is 2. The molecule has 4 rings (SSSR count). The van der Waals surface area contributed by atoms with E-state index in [0.29, 0.717) is 41.8 Å². The molecular weight excluding hydrogens is 414 g/mol. The third-order valence-corrected chi connectivity index (χ3v) is 6.42. The SMILES string of the molecule is Cc1cc(N2CCN(C(=O)c3sc(NC(=O)C(C)(C)C)cc3C)CC2)n2ncnc2n1. The highest BCUT2D eigenvalue weighted by molar-refractivity contribution is 7.18. The van der Waals surface area contributed by atoms with Crippen molar-refractivity contribution in [3.63, 3.8) is 0 Å². The van der Waals surface area contributed by atoms with Gasteiger partial charge in [-0.25, -0.2) is 4.98 Å². The number of anilines is 2. The Labute approximate surface area is 185 Å². The number of nitrogens with one attached hydrogen (secondary N) is 1. The molecule has 0 saturated carbocycles. The number of hydrogen-bond donors (Lipinski definition) is 1. The molecule has 1 aliphatic rings. The molecule has 0 unspecified atom stereocenters. The molecule has 9 nitrogen and oxygen atoms in total. The molecule has 1 aliphatic heterocycles. The van der Waals surface area contributed by atoms with Crippen molar-refractivity contribution in [2.24, 2.45) is 5.41 Å². The van der Waals surface area contributed by atoms with Gasteiger partial charge < -0.3 is 15.1 Å². The van der Waals surface area contributed by atoms with Crippen LogP contribution in [-0.4, -0.2) is 62.5 Å². The molecule has 1 N–H and O–H groups in total. The summed E-state index contributed by atoms with van der Waals surface area (Å²) in [6, 6.07) is 3.87. The van der Waals surface area contributed by atoms with E-state index in [4.69, 9.17) is 0 Å². The average molecular weight is 442 g/mol. The van der Waals surface area contributed by atoms with Crippen molar-refractivity contribution in [1.29, 1.82) is 0 Å². The maximum absolute atomic E-state index is 13.2. The van der Waals surface area contributed by atoms with Crippen LogP contribution in [0.15, 0.2) is 18.5 Å². The van der Waals surface area contributed by atoms with Crippen LogP contribution < -0.4 is 10.2 Å². The van der Waals surface area contributed by atoms with E-state index in [1.54, 1.807) is 4.52 Å². The first-order chi connectivity index (χ1) is 14.6. The first-order valence-corrected chi connectivity index (χ1v) is 11.1.